The number of rotatable bonds is 6. The maximum absolute atomic E-state index is 14.9. The summed E-state index contributed by atoms with van der Waals surface area (Å²) in [5, 5.41) is 0. The number of hydrogen-bond acceptors (Lipinski definition) is 8. The molecular weight excluding hydrogens is 570 g/mol. The Kier molecular flexibility index (Phi) is 6.66. The Morgan fingerprint density at radius 1 is 0.778 bits per heavy atom. The third-order valence-electron chi connectivity index (χ3n) is 9.15. The van der Waals surface area contributed by atoms with Crippen LogP contribution in [0.5, 0.6) is 17.2 Å². The van der Waals surface area contributed by atoms with Gasteiger partial charge >= 0.3 is 5.97 Å². The van der Waals surface area contributed by atoms with E-state index < -0.39 is 29.4 Å². The molecule has 0 N–H and O–H groups in total. The van der Waals surface area contributed by atoms with E-state index in [1.54, 1.807) is 66.7 Å². The molecule has 1 saturated heterocycles. The molecule has 0 unspecified atom stereocenters. The Morgan fingerprint density at radius 2 is 1.44 bits per heavy atom. The zero-order chi connectivity index (χ0) is 31.5. The van der Waals surface area contributed by atoms with Crippen LogP contribution < -0.4 is 19.1 Å². The van der Waals surface area contributed by atoms with Gasteiger partial charge in [0.05, 0.1) is 20.3 Å². The van der Waals surface area contributed by atoms with Gasteiger partial charge in [0.25, 0.3) is 0 Å². The minimum absolute atomic E-state index is 0.300. The summed E-state index contributed by atoms with van der Waals surface area (Å²) in [7, 11) is 3.02. The highest BCUT2D eigenvalue weighted by Crippen LogP contribution is 2.62. The molecule has 8 heteroatoms. The second-order valence-electron chi connectivity index (χ2n) is 11.3. The van der Waals surface area contributed by atoms with Gasteiger partial charge in [-0.05, 0) is 42.0 Å². The van der Waals surface area contributed by atoms with Crippen molar-refractivity contribution in [3.63, 3.8) is 0 Å². The highest BCUT2D eigenvalue weighted by atomic mass is 16.5. The Balaban J connectivity index is 1.53. The summed E-state index contributed by atoms with van der Waals surface area (Å²) in [5.74, 6) is -1.36. The molecule has 4 aromatic carbocycles. The number of methoxy groups -OCH3 is 2. The number of benzene rings is 4. The smallest absolute Gasteiger partial charge is 0.308 e. The molecule has 2 aliphatic heterocycles. The molecular formula is C37H29NO7. The largest absolute Gasteiger partial charge is 0.493 e. The first-order chi connectivity index (χ1) is 21.8. The lowest BCUT2D eigenvalue weighted by atomic mass is 9.64. The average molecular weight is 600 g/mol. The summed E-state index contributed by atoms with van der Waals surface area (Å²) in [5.41, 5.74) is 1.43. The number of ether oxygens (including phenoxy) is 3. The van der Waals surface area contributed by atoms with E-state index in [2.05, 4.69) is 0 Å². The predicted molar refractivity (Wildman–Crippen MR) is 167 cm³/mol. The van der Waals surface area contributed by atoms with Gasteiger partial charge in [-0.15, -0.1) is 0 Å². The molecule has 3 atom stereocenters. The Hall–Kier alpha value is -5.50. The number of carbonyl (C=O) groups excluding carboxylic acids is 4. The SMILES string of the molecule is COc1cccc([C@@H]2[C@H](C(=O)c3ccc(OC(C)=O)cc3)N3c4ccccc4C=C[C@@H]3C23C(=O)c2ccccc2C3=O)c1OC. The van der Waals surface area contributed by atoms with E-state index in [1.165, 1.54) is 21.1 Å². The van der Waals surface area contributed by atoms with E-state index in [0.717, 1.165) is 11.3 Å². The number of esters is 1. The number of ketones is 3. The number of para-hydroxylation sites is 2. The molecule has 45 heavy (non-hydrogen) atoms. The zero-order valence-electron chi connectivity index (χ0n) is 24.9. The zero-order valence-corrected chi connectivity index (χ0v) is 24.9. The highest BCUT2D eigenvalue weighted by Gasteiger charge is 2.72. The van der Waals surface area contributed by atoms with Gasteiger partial charge in [0.15, 0.2) is 28.8 Å². The molecule has 3 aliphatic rings. The maximum Gasteiger partial charge on any atom is 0.308 e. The van der Waals surface area contributed by atoms with E-state index in [4.69, 9.17) is 14.2 Å². The van der Waals surface area contributed by atoms with Crippen molar-refractivity contribution in [3.8, 4) is 17.2 Å². The first-order valence-corrected chi connectivity index (χ1v) is 14.6. The van der Waals surface area contributed by atoms with Gasteiger partial charge in [-0.2, -0.15) is 0 Å². The van der Waals surface area contributed by atoms with Crippen LogP contribution in [0.4, 0.5) is 5.69 Å². The Bertz CT molecular complexity index is 1890. The van der Waals surface area contributed by atoms with Crippen LogP contribution in [0.15, 0.2) is 97.1 Å². The predicted octanol–water partition coefficient (Wildman–Crippen LogP) is 5.95. The molecule has 7 rings (SSSR count). The number of Topliss-reactive ketones (excluding diaryl/α,β-unsaturated/α-hetero) is 3. The molecule has 0 radical (unpaired) electrons. The van der Waals surface area contributed by atoms with Crippen molar-refractivity contribution in [1.29, 1.82) is 0 Å². The third kappa shape index (κ3) is 3.98. The van der Waals surface area contributed by atoms with Gasteiger partial charge in [-0.3, -0.25) is 19.2 Å². The second-order valence-corrected chi connectivity index (χ2v) is 11.3. The van der Waals surface area contributed by atoms with Crippen molar-refractivity contribution in [2.24, 2.45) is 5.41 Å². The van der Waals surface area contributed by atoms with Gasteiger partial charge in [0.2, 0.25) is 0 Å². The monoisotopic (exact) mass is 599 g/mol. The normalized spacial score (nSPS) is 20.4. The van der Waals surface area contributed by atoms with Gasteiger partial charge in [0.1, 0.15) is 17.2 Å². The average Bonchev–Trinajstić information content (AvgIpc) is 3.50. The molecule has 0 saturated carbocycles. The molecule has 1 spiro atoms. The molecule has 0 bridgehead atoms. The van der Waals surface area contributed by atoms with Gasteiger partial charge in [-0.25, -0.2) is 0 Å². The van der Waals surface area contributed by atoms with Crippen molar-refractivity contribution in [2.45, 2.75) is 24.9 Å². The lowest BCUT2D eigenvalue weighted by molar-refractivity contribution is -0.131. The lowest BCUT2D eigenvalue weighted by Crippen LogP contribution is -2.48. The quantitative estimate of drug-likeness (QED) is 0.116. The summed E-state index contributed by atoms with van der Waals surface area (Å²) in [6.07, 6.45) is 3.79. The maximum atomic E-state index is 14.9. The van der Waals surface area contributed by atoms with Crippen LogP contribution in [0.2, 0.25) is 0 Å². The molecule has 1 fully saturated rings. The highest BCUT2D eigenvalue weighted by molar-refractivity contribution is 6.32. The van der Waals surface area contributed by atoms with Crippen molar-refractivity contribution in [3.05, 3.63) is 125 Å². The topological polar surface area (TPSA) is 99.2 Å². The Morgan fingerprint density at radius 3 is 2.09 bits per heavy atom. The van der Waals surface area contributed by atoms with Crippen LogP contribution in [-0.4, -0.2) is 49.6 Å². The molecule has 0 aromatic heterocycles. The fraction of sp³-hybridized carbons (Fsp3) is 0.189. The number of carbonyl (C=O) groups is 4. The third-order valence-corrected chi connectivity index (χ3v) is 9.15. The van der Waals surface area contributed by atoms with Crippen LogP contribution in [0.1, 0.15) is 55.0 Å². The fourth-order valence-electron chi connectivity index (χ4n) is 7.44. The number of hydrogen-bond donors (Lipinski definition) is 0. The van der Waals surface area contributed by atoms with E-state index in [0.29, 0.717) is 39.5 Å². The fourth-order valence-corrected chi connectivity index (χ4v) is 7.44. The lowest BCUT2D eigenvalue weighted by Gasteiger charge is -2.37. The number of anilines is 1. The molecule has 0 amide bonds. The van der Waals surface area contributed by atoms with Crippen molar-refractivity contribution < 1.29 is 33.4 Å². The number of nitrogens with zero attached hydrogens (tertiary/aromatic N) is 1. The van der Waals surface area contributed by atoms with Crippen molar-refractivity contribution in [2.75, 3.05) is 19.1 Å². The van der Waals surface area contributed by atoms with E-state index in [-0.39, 0.29) is 17.3 Å². The molecule has 8 nitrogen and oxygen atoms in total. The molecule has 1 aliphatic carbocycles. The van der Waals surface area contributed by atoms with Crippen molar-refractivity contribution >= 4 is 35.1 Å². The Labute approximate surface area is 259 Å². The summed E-state index contributed by atoms with van der Waals surface area (Å²) in [4.78, 5) is 58.2. The van der Waals surface area contributed by atoms with Crippen LogP contribution in [0.3, 0.4) is 0 Å². The molecule has 4 aromatic rings. The van der Waals surface area contributed by atoms with Crippen LogP contribution in [-0.2, 0) is 4.79 Å². The first-order valence-electron chi connectivity index (χ1n) is 14.6. The van der Waals surface area contributed by atoms with E-state index in [1.807, 2.05) is 41.3 Å². The second kappa shape index (κ2) is 10.6. The van der Waals surface area contributed by atoms with Crippen molar-refractivity contribution in [1.82, 2.24) is 0 Å². The van der Waals surface area contributed by atoms with Gasteiger partial charge in [0, 0.05) is 40.8 Å². The summed E-state index contributed by atoms with van der Waals surface area (Å²) in [6.45, 7) is 1.30. The molecule has 224 valence electrons. The van der Waals surface area contributed by atoms with Crippen LogP contribution in [0, 0.1) is 5.41 Å². The van der Waals surface area contributed by atoms with E-state index in [9.17, 15) is 19.2 Å². The summed E-state index contributed by atoms with van der Waals surface area (Å²) < 4.78 is 16.8. The minimum atomic E-state index is -1.69. The van der Waals surface area contributed by atoms with Crippen LogP contribution >= 0.6 is 0 Å². The standard InChI is InChI=1S/C37H29NO7/c1-21(39)45-24-18-15-23(16-19-24)33(40)32-31(27-12-8-14-29(43-2)34(27)44-3)37(35(41)25-10-5-6-11-26(25)36(37)42)30-20-17-22-9-4-7-13-28(22)38(30)32/h4-20,30-32H,1-3H3/t30-,31-,32-/m1/s1. The van der Waals surface area contributed by atoms with Crippen LogP contribution in [0.25, 0.3) is 6.08 Å². The first kappa shape index (κ1) is 28.3. The molecule has 2 heterocycles. The van der Waals surface area contributed by atoms with Gasteiger partial charge < -0.3 is 19.1 Å². The van der Waals surface area contributed by atoms with E-state index >= 15 is 0 Å². The summed E-state index contributed by atoms with van der Waals surface area (Å²) >= 11 is 0. The van der Waals surface area contributed by atoms with Gasteiger partial charge in [-0.1, -0.05) is 66.7 Å². The number of fused-ring (bicyclic) bond motifs is 5. The summed E-state index contributed by atoms with van der Waals surface area (Å²) in [6, 6.07) is 24.3. The minimum Gasteiger partial charge on any atom is -0.493 e.